The van der Waals surface area contributed by atoms with E-state index in [9.17, 15) is 0 Å². The van der Waals surface area contributed by atoms with Gasteiger partial charge in [0.05, 0.1) is 0 Å². The Labute approximate surface area is 86.2 Å². The summed E-state index contributed by atoms with van der Waals surface area (Å²) >= 11 is 1.56. The normalized spacial score (nSPS) is 12.0. The second-order valence-electron chi connectivity index (χ2n) is 2.15. The van der Waals surface area contributed by atoms with E-state index >= 15 is 0 Å². The lowest BCUT2D eigenvalue weighted by molar-refractivity contribution is 0.0967. The van der Waals surface area contributed by atoms with E-state index in [1.54, 1.807) is 11.2 Å². The van der Waals surface area contributed by atoms with Crippen molar-refractivity contribution in [1.82, 2.24) is 0 Å². The molecule has 0 N–H and O–H groups in total. The van der Waals surface area contributed by atoms with Crippen molar-refractivity contribution in [2.45, 2.75) is 20.8 Å². The molecule has 0 aliphatic rings. The van der Waals surface area contributed by atoms with E-state index in [2.05, 4.69) is 6.92 Å². The molecule has 0 aromatic rings. The van der Waals surface area contributed by atoms with E-state index in [1.807, 2.05) is 20.8 Å². The largest absolute Gasteiger partial charge is 0.573 e. The van der Waals surface area contributed by atoms with Gasteiger partial charge in [0.1, 0.15) is 0 Å². The molecule has 0 aliphatic carbocycles. The van der Waals surface area contributed by atoms with Crippen molar-refractivity contribution in [2.24, 2.45) is 0 Å². The van der Waals surface area contributed by atoms with Crippen LogP contribution in [0.1, 0.15) is 20.8 Å². The smallest absolute Gasteiger partial charge is 0.366 e. The molecule has 0 atom stereocenters. The zero-order chi connectivity index (χ0) is 10.2. The summed E-state index contributed by atoms with van der Waals surface area (Å²) in [5.41, 5.74) is 0. The maximum Gasteiger partial charge on any atom is 0.573 e. The second kappa shape index (κ2) is 7.81. The van der Waals surface area contributed by atoms with Crippen LogP contribution in [-0.2, 0) is 13.3 Å². The Morgan fingerprint density at radius 2 is 1.38 bits per heavy atom. The Bertz CT molecular complexity index is 94.4. The van der Waals surface area contributed by atoms with Gasteiger partial charge in [-0.25, -0.2) is 0 Å². The van der Waals surface area contributed by atoms with Gasteiger partial charge in [0.2, 0.25) is 0 Å². The maximum atomic E-state index is 5.57. The highest BCUT2D eigenvalue weighted by Crippen LogP contribution is 2.24. The van der Waals surface area contributed by atoms with Crippen LogP contribution in [0.5, 0.6) is 0 Å². The van der Waals surface area contributed by atoms with Crippen molar-refractivity contribution in [3.05, 3.63) is 6.92 Å². The first-order valence-electron chi connectivity index (χ1n) is 4.59. The van der Waals surface area contributed by atoms with Crippen LogP contribution in [-0.4, -0.2) is 33.5 Å². The average molecular weight is 223 g/mol. The molecule has 0 unspecified atom stereocenters. The Morgan fingerprint density at radius 3 is 1.62 bits per heavy atom. The van der Waals surface area contributed by atoms with Gasteiger partial charge in [-0.1, -0.05) is 11.2 Å². The summed E-state index contributed by atoms with van der Waals surface area (Å²) in [6, 6.07) is 0. The highest BCUT2D eigenvalue weighted by Gasteiger charge is 2.41. The summed E-state index contributed by atoms with van der Waals surface area (Å²) in [6.07, 6.45) is 0. The van der Waals surface area contributed by atoms with Gasteiger partial charge in [0.25, 0.3) is 0 Å². The SMILES string of the molecule is [CH2]CS[Si](OCC)(OCC)OCC. The first-order valence-corrected chi connectivity index (χ1v) is 8.03. The van der Waals surface area contributed by atoms with Crippen LogP contribution in [0.3, 0.4) is 0 Å². The minimum atomic E-state index is -2.44. The van der Waals surface area contributed by atoms with Crippen LogP contribution in [0, 0.1) is 6.92 Å². The molecule has 0 spiro atoms. The lowest BCUT2D eigenvalue weighted by Crippen LogP contribution is -2.43. The predicted molar refractivity (Wildman–Crippen MR) is 58.4 cm³/mol. The van der Waals surface area contributed by atoms with Gasteiger partial charge in [0, 0.05) is 19.8 Å². The molecule has 0 heterocycles. The summed E-state index contributed by atoms with van der Waals surface area (Å²) in [4.78, 5) is 0. The van der Waals surface area contributed by atoms with Crippen molar-refractivity contribution in [2.75, 3.05) is 25.6 Å². The molecule has 0 bridgehead atoms. The third-order valence-corrected chi connectivity index (χ3v) is 6.46. The monoisotopic (exact) mass is 223 g/mol. The standard InChI is InChI=1S/C8H19O3SSi/c1-5-9-13(10-6-2,11-7-3)12-8-4/h4-8H2,1-3H3. The van der Waals surface area contributed by atoms with Crippen LogP contribution in [0.25, 0.3) is 0 Å². The summed E-state index contributed by atoms with van der Waals surface area (Å²) in [7, 11) is -2.44. The van der Waals surface area contributed by atoms with Crippen LogP contribution in [0.15, 0.2) is 0 Å². The van der Waals surface area contributed by atoms with Crippen molar-refractivity contribution in [3.8, 4) is 0 Å². The van der Waals surface area contributed by atoms with Gasteiger partial charge in [-0.05, 0) is 33.4 Å². The summed E-state index contributed by atoms with van der Waals surface area (Å²) in [5.74, 6) is 0.715. The molecule has 0 aromatic heterocycles. The molecule has 1 radical (unpaired) electrons. The van der Waals surface area contributed by atoms with E-state index in [0.717, 1.165) is 0 Å². The highest BCUT2D eigenvalue weighted by molar-refractivity contribution is 8.26. The van der Waals surface area contributed by atoms with Gasteiger partial charge in [-0.3, -0.25) is 0 Å². The molecular weight excluding hydrogens is 204 g/mol. The first kappa shape index (κ1) is 13.4. The zero-order valence-electron chi connectivity index (χ0n) is 8.67. The third-order valence-electron chi connectivity index (χ3n) is 1.24. The fraction of sp³-hybridized carbons (Fsp3) is 0.875. The molecule has 0 amide bonds. The minimum Gasteiger partial charge on any atom is -0.366 e. The number of hydrogen-bond donors (Lipinski definition) is 0. The molecule has 5 heteroatoms. The molecule has 0 fully saturated rings. The van der Waals surface area contributed by atoms with Crippen LogP contribution >= 0.6 is 11.2 Å². The van der Waals surface area contributed by atoms with Crippen molar-refractivity contribution in [3.63, 3.8) is 0 Å². The van der Waals surface area contributed by atoms with Gasteiger partial charge in [-0.15, -0.1) is 0 Å². The van der Waals surface area contributed by atoms with Gasteiger partial charge in [0.15, 0.2) is 0 Å². The Morgan fingerprint density at radius 1 is 1.00 bits per heavy atom. The molecule has 13 heavy (non-hydrogen) atoms. The third kappa shape index (κ3) is 5.02. The number of rotatable bonds is 8. The molecule has 0 saturated carbocycles. The first-order chi connectivity index (χ1) is 6.24. The second-order valence-corrected chi connectivity index (χ2v) is 7.08. The Balaban J connectivity index is 4.19. The molecule has 79 valence electrons. The summed E-state index contributed by atoms with van der Waals surface area (Å²) in [6.45, 7) is 11.5. The lowest BCUT2D eigenvalue weighted by Gasteiger charge is -2.26. The molecule has 0 aromatic carbocycles. The van der Waals surface area contributed by atoms with Crippen LogP contribution < -0.4 is 0 Å². The average Bonchev–Trinajstić information content (AvgIpc) is 2.06. The highest BCUT2D eigenvalue weighted by atomic mass is 32.4. The van der Waals surface area contributed by atoms with Gasteiger partial charge < -0.3 is 13.3 Å². The zero-order valence-corrected chi connectivity index (χ0v) is 10.5. The fourth-order valence-electron chi connectivity index (χ4n) is 0.905. The lowest BCUT2D eigenvalue weighted by atomic mass is 10.9. The van der Waals surface area contributed by atoms with E-state index in [-0.39, 0.29) is 0 Å². The van der Waals surface area contributed by atoms with E-state index < -0.39 is 7.95 Å². The topological polar surface area (TPSA) is 27.7 Å². The quantitative estimate of drug-likeness (QED) is 0.589. The predicted octanol–water partition coefficient (Wildman–Crippen LogP) is 2.10. The molecule has 0 saturated heterocycles. The Kier molecular flexibility index (Phi) is 8.08. The molecule has 0 aliphatic heterocycles. The molecular formula is C8H19O3SSi. The van der Waals surface area contributed by atoms with E-state index in [4.69, 9.17) is 13.3 Å². The minimum absolute atomic E-state index is 0.624. The van der Waals surface area contributed by atoms with E-state index in [1.165, 1.54) is 0 Å². The van der Waals surface area contributed by atoms with Crippen molar-refractivity contribution < 1.29 is 13.3 Å². The van der Waals surface area contributed by atoms with Crippen molar-refractivity contribution >= 4 is 19.2 Å². The summed E-state index contributed by atoms with van der Waals surface area (Å²) < 4.78 is 16.7. The molecule has 0 rings (SSSR count). The Hall–Kier alpha value is 0.447. The van der Waals surface area contributed by atoms with Crippen LogP contribution in [0.2, 0.25) is 0 Å². The van der Waals surface area contributed by atoms with Crippen LogP contribution in [0.4, 0.5) is 0 Å². The van der Waals surface area contributed by atoms with Gasteiger partial charge >= 0.3 is 7.95 Å². The number of hydrogen-bond acceptors (Lipinski definition) is 4. The molecule has 3 nitrogen and oxygen atoms in total. The van der Waals surface area contributed by atoms with E-state index in [0.29, 0.717) is 25.6 Å². The van der Waals surface area contributed by atoms with Crippen molar-refractivity contribution in [1.29, 1.82) is 0 Å². The van der Waals surface area contributed by atoms with Gasteiger partial charge in [-0.2, -0.15) is 0 Å². The maximum absolute atomic E-state index is 5.57. The fourth-order valence-corrected chi connectivity index (χ4v) is 5.28. The summed E-state index contributed by atoms with van der Waals surface area (Å²) in [5, 5.41) is 0.